The summed E-state index contributed by atoms with van der Waals surface area (Å²) in [5.74, 6) is -0.451. The highest BCUT2D eigenvalue weighted by atomic mass is 79.9. The first kappa shape index (κ1) is 14.5. The molecule has 1 N–H and O–H groups in total. The molecule has 0 aromatic heterocycles. The number of hydrogen-bond acceptors (Lipinski definition) is 2. The van der Waals surface area contributed by atoms with Crippen molar-refractivity contribution in [2.45, 2.75) is 6.42 Å². The van der Waals surface area contributed by atoms with Crippen LogP contribution in [0.15, 0.2) is 65.3 Å². The van der Waals surface area contributed by atoms with E-state index in [1.165, 1.54) is 6.07 Å². The third-order valence-corrected chi connectivity index (χ3v) is 3.21. The molecule has 2 aromatic carbocycles. The van der Waals surface area contributed by atoms with Gasteiger partial charge in [-0.15, -0.1) is 0 Å². The minimum Gasteiger partial charge on any atom is -0.357 e. The number of rotatable bonds is 5. The Morgan fingerprint density at radius 3 is 2.55 bits per heavy atom. The molecule has 0 spiro atoms. The molecule has 0 bridgehead atoms. The van der Waals surface area contributed by atoms with Crippen molar-refractivity contribution in [3.63, 3.8) is 0 Å². The van der Waals surface area contributed by atoms with Gasteiger partial charge in [0.25, 0.3) is 0 Å². The van der Waals surface area contributed by atoms with Crippen LogP contribution in [-0.2, 0) is 0 Å². The van der Waals surface area contributed by atoms with Crippen LogP contribution in [-0.4, -0.2) is 5.78 Å². The lowest BCUT2D eigenvalue weighted by Crippen LogP contribution is -2.07. The van der Waals surface area contributed by atoms with Crippen LogP contribution in [0.1, 0.15) is 16.8 Å². The molecule has 0 atom stereocenters. The lowest BCUT2D eigenvalue weighted by Gasteiger charge is -2.10. The van der Waals surface area contributed by atoms with Gasteiger partial charge >= 0.3 is 0 Å². The Kier molecular flexibility index (Phi) is 4.69. The Labute approximate surface area is 125 Å². The molecule has 0 aliphatic carbocycles. The number of anilines is 1. The van der Waals surface area contributed by atoms with Gasteiger partial charge in [0.15, 0.2) is 5.78 Å². The van der Waals surface area contributed by atoms with Crippen LogP contribution in [0.3, 0.4) is 0 Å². The highest BCUT2D eigenvalue weighted by Crippen LogP contribution is 2.21. The largest absolute Gasteiger partial charge is 0.357 e. The van der Waals surface area contributed by atoms with E-state index in [1.807, 2.05) is 6.07 Å². The monoisotopic (exact) mass is 333 g/mol. The number of halogens is 2. The molecule has 0 amide bonds. The summed E-state index contributed by atoms with van der Waals surface area (Å²) in [6.07, 6.45) is 0.125. The van der Waals surface area contributed by atoms with E-state index >= 15 is 0 Å². The van der Waals surface area contributed by atoms with Crippen LogP contribution < -0.4 is 5.32 Å². The van der Waals surface area contributed by atoms with E-state index in [2.05, 4.69) is 27.8 Å². The second kappa shape index (κ2) is 6.48. The lowest BCUT2D eigenvalue weighted by atomic mass is 10.1. The summed E-state index contributed by atoms with van der Waals surface area (Å²) in [4.78, 5) is 12.0. The van der Waals surface area contributed by atoms with Crippen LogP contribution in [0.5, 0.6) is 0 Å². The average molecular weight is 334 g/mol. The van der Waals surface area contributed by atoms with Gasteiger partial charge < -0.3 is 5.32 Å². The second-order valence-electron chi connectivity index (χ2n) is 4.32. The predicted octanol–water partition coefficient (Wildman–Crippen LogP) is 4.79. The number of Topliss-reactive ketones (excluding diaryl/α,β-unsaturated/α-hetero) is 1. The number of hydrogen-bond donors (Lipinski definition) is 1. The van der Waals surface area contributed by atoms with Crippen molar-refractivity contribution in [1.82, 2.24) is 0 Å². The molecule has 0 aliphatic rings. The Morgan fingerprint density at radius 1 is 1.20 bits per heavy atom. The van der Waals surface area contributed by atoms with Gasteiger partial charge in [-0.1, -0.05) is 52.8 Å². The molecule has 2 aromatic rings. The Hall–Kier alpha value is -1.94. The first-order valence-electron chi connectivity index (χ1n) is 6.04. The number of carbonyl (C=O) groups is 1. The summed E-state index contributed by atoms with van der Waals surface area (Å²) in [6, 6.07) is 13.6. The summed E-state index contributed by atoms with van der Waals surface area (Å²) < 4.78 is 14.3. The van der Waals surface area contributed by atoms with Crippen molar-refractivity contribution in [2.75, 3.05) is 5.32 Å². The Balaban J connectivity index is 2.01. The van der Waals surface area contributed by atoms with Gasteiger partial charge in [0.2, 0.25) is 0 Å². The molecule has 102 valence electrons. The zero-order chi connectivity index (χ0) is 14.5. The second-order valence-corrected chi connectivity index (χ2v) is 5.23. The van der Waals surface area contributed by atoms with Gasteiger partial charge in [0.1, 0.15) is 5.82 Å². The van der Waals surface area contributed by atoms with Crippen LogP contribution in [0.25, 0.3) is 0 Å². The Morgan fingerprint density at radius 2 is 1.90 bits per heavy atom. The fraction of sp³-hybridized carbons (Fsp3) is 0.0625. The van der Waals surface area contributed by atoms with Crippen molar-refractivity contribution < 1.29 is 9.18 Å². The quantitative estimate of drug-likeness (QED) is 0.797. The normalized spacial score (nSPS) is 10.1. The number of carbonyl (C=O) groups excluding carboxylic acids is 1. The maximum Gasteiger partial charge on any atom is 0.168 e. The SMILES string of the molecule is C=C(CC(=O)c1ccccc1)Nc1ccc(Br)cc1F. The topological polar surface area (TPSA) is 29.1 Å². The molecule has 0 fully saturated rings. The van der Waals surface area contributed by atoms with E-state index in [0.717, 1.165) is 0 Å². The van der Waals surface area contributed by atoms with Crippen molar-refractivity contribution in [3.05, 3.63) is 76.7 Å². The zero-order valence-corrected chi connectivity index (χ0v) is 12.3. The minimum atomic E-state index is -0.396. The van der Waals surface area contributed by atoms with Gasteiger partial charge in [-0.2, -0.15) is 0 Å². The fourth-order valence-electron chi connectivity index (χ4n) is 1.75. The van der Waals surface area contributed by atoms with Crippen molar-refractivity contribution in [1.29, 1.82) is 0 Å². The highest BCUT2D eigenvalue weighted by molar-refractivity contribution is 9.10. The number of allylic oxidation sites excluding steroid dienone is 1. The third-order valence-electron chi connectivity index (χ3n) is 2.71. The summed E-state index contributed by atoms with van der Waals surface area (Å²) in [6.45, 7) is 3.77. The summed E-state index contributed by atoms with van der Waals surface area (Å²) >= 11 is 3.19. The summed E-state index contributed by atoms with van der Waals surface area (Å²) in [7, 11) is 0. The fourth-order valence-corrected chi connectivity index (χ4v) is 2.08. The van der Waals surface area contributed by atoms with E-state index in [0.29, 0.717) is 21.4 Å². The maximum absolute atomic E-state index is 13.7. The van der Waals surface area contributed by atoms with Gasteiger partial charge in [-0.3, -0.25) is 4.79 Å². The molecule has 2 rings (SSSR count). The van der Waals surface area contributed by atoms with Crippen LogP contribution in [0.4, 0.5) is 10.1 Å². The summed E-state index contributed by atoms with van der Waals surface area (Å²) in [5.41, 5.74) is 1.38. The molecule has 4 heteroatoms. The van der Waals surface area contributed by atoms with E-state index in [4.69, 9.17) is 0 Å². The molecular formula is C16H13BrFNO. The Bertz CT molecular complexity index is 640. The molecule has 0 radical (unpaired) electrons. The molecule has 0 heterocycles. The van der Waals surface area contributed by atoms with Gasteiger partial charge in [0, 0.05) is 15.7 Å². The lowest BCUT2D eigenvalue weighted by molar-refractivity contribution is 0.0993. The van der Waals surface area contributed by atoms with Crippen LogP contribution in [0, 0.1) is 5.82 Å². The van der Waals surface area contributed by atoms with E-state index in [9.17, 15) is 9.18 Å². The standard InChI is InChI=1S/C16H13BrFNO/c1-11(9-16(20)12-5-3-2-4-6-12)19-15-8-7-13(17)10-14(15)18/h2-8,10,19H,1,9H2. The van der Waals surface area contributed by atoms with Crippen LogP contribution >= 0.6 is 15.9 Å². The molecule has 0 saturated heterocycles. The van der Waals surface area contributed by atoms with Crippen molar-refractivity contribution in [3.8, 4) is 0 Å². The maximum atomic E-state index is 13.7. The molecule has 0 saturated carbocycles. The number of nitrogens with one attached hydrogen (secondary N) is 1. The highest BCUT2D eigenvalue weighted by Gasteiger charge is 2.09. The first-order chi connectivity index (χ1) is 9.56. The number of ketones is 1. The smallest absolute Gasteiger partial charge is 0.168 e. The molecule has 20 heavy (non-hydrogen) atoms. The van der Waals surface area contributed by atoms with E-state index < -0.39 is 5.82 Å². The zero-order valence-electron chi connectivity index (χ0n) is 10.7. The molecule has 2 nitrogen and oxygen atoms in total. The minimum absolute atomic E-state index is 0.0550. The predicted molar refractivity (Wildman–Crippen MR) is 82.3 cm³/mol. The third kappa shape index (κ3) is 3.78. The van der Waals surface area contributed by atoms with Gasteiger partial charge in [-0.05, 0) is 18.2 Å². The molecular weight excluding hydrogens is 321 g/mol. The van der Waals surface area contributed by atoms with Crippen molar-refractivity contribution >= 4 is 27.4 Å². The van der Waals surface area contributed by atoms with Crippen molar-refractivity contribution in [2.24, 2.45) is 0 Å². The average Bonchev–Trinajstić information content (AvgIpc) is 2.43. The van der Waals surface area contributed by atoms with Gasteiger partial charge in [0.05, 0.1) is 12.1 Å². The van der Waals surface area contributed by atoms with E-state index in [-0.39, 0.29) is 12.2 Å². The van der Waals surface area contributed by atoms with E-state index in [1.54, 1.807) is 36.4 Å². The molecule has 0 aliphatic heterocycles. The molecule has 0 unspecified atom stereocenters. The van der Waals surface area contributed by atoms with Crippen LogP contribution in [0.2, 0.25) is 0 Å². The van der Waals surface area contributed by atoms with Gasteiger partial charge in [-0.25, -0.2) is 4.39 Å². The first-order valence-corrected chi connectivity index (χ1v) is 6.83. The summed E-state index contributed by atoms with van der Waals surface area (Å²) in [5, 5.41) is 2.83. The number of benzene rings is 2.